The van der Waals surface area contributed by atoms with Crippen molar-refractivity contribution in [3.05, 3.63) is 37.9 Å². The van der Waals surface area contributed by atoms with Crippen molar-refractivity contribution in [2.75, 3.05) is 6.61 Å². The number of ether oxygens (including phenoxy) is 1. The number of unbranched alkanes of at least 4 members (excludes halogenated alkanes) is 5. The Morgan fingerprint density at radius 3 is 2.20 bits per heavy atom. The molecule has 0 unspecified atom stereocenters. The summed E-state index contributed by atoms with van der Waals surface area (Å²) in [6, 6.07) is 10.6. The summed E-state index contributed by atoms with van der Waals surface area (Å²) in [5, 5.41) is 0. The lowest BCUT2D eigenvalue weighted by Gasteiger charge is -2.13. The van der Waals surface area contributed by atoms with Crippen molar-refractivity contribution in [2.45, 2.75) is 45.4 Å². The lowest BCUT2D eigenvalue weighted by Crippen LogP contribution is -2.00. The number of fused-ring (bicyclic) bond motifs is 1. The van der Waals surface area contributed by atoms with Crippen molar-refractivity contribution < 1.29 is 4.74 Å². The van der Waals surface area contributed by atoms with Gasteiger partial charge in [-0.1, -0.05) is 39.0 Å². The Hall–Kier alpha value is -0.800. The second-order valence-electron chi connectivity index (χ2n) is 7.08. The molecule has 1 aromatic carbocycles. The van der Waals surface area contributed by atoms with Crippen LogP contribution in [-0.4, -0.2) is 15.4 Å². The summed E-state index contributed by atoms with van der Waals surface area (Å²) in [5.41, 5.74) is 4.02. The zero-order valence-electron chi connectivity index (χ0n) is 16.6. The maximum absolute atomic E-state index is 6.37. The van der Waals surface area contributed by atoms with Crippen LogP contribution in [0.5, 0.6) is 5.75 Å². The molecule has 0 aliphatic carbocycles. The molecule has 0 radical (unpaired) electrons. The Balaban J connectivity index is 1.67. The minimum absolute atomic E-state index is 0.725. The van der Waals surface area contributed by atoms with Gasteiger partial charge in [0.15, 0.2) is 0 Å². The molecule has 0 aliphatic heterocycles. The van der Waals surface area contributed by atoms with Gasteiger partial charge in [-0.3, -0.25) is 0 Å². The topological polar surface area (TPSA) is 35.0 Å². The lowest BCUT2D eigenvalue weighted by atomic mass is 10.0. The van der Waals surface area contributed by atoms with E-state index in [2.05, 4.69) is 77.9 Å². The molecule has 3 nitrogen and oxygen atoms in total. The van der Waals surface area contributed by atoms with Gasteiger partial charge in [-0.05, 0) is 68.6 Å². The van der Waals surface area contributed by atoms with Crippen LogP contribution in [0, 0.1) is 0 Å². The third-order valence-corrected chi connectivity index (χ3v) is 8.74. The third kappa shape index (κ3) is 5.15. The van der Waals surface area contributed by atoms with E-state index < -0.39 is 0 Å². The van der Waals surface area contributed by atoms with Crippen molar-refractivity contribution in [1.82, 2.24) is 8.75 Å². The lowest BCUT2D eigenvalue weighted by molar-refractivity contribution is 0.306. The molecule has 158 valence electrons. The monoisotopic (exact) mass is 584 g/mol. The smallest absolute Gasteiger partial charge is 0.130 e. The van der Waals surface area contributed by atoms with Gasteiger partial charge >= 0.3 is 0 Å². The van der Waals surface area contributed by atoms with Crippen molar-refractivity contribution in [3.8, 4) is 26.6 Å². The number of hydrogen-bond donors (Lipinski definition) is 0. The van der Waals surface area contributed by atoms with Crippen molar-refractivity contribution >= 4 is 77.3 Å². The average molecular weight is 586 g/mol. The Morgan fingerprint density at radius 2 is 1.50 bits per heavy atom. The average Bonchev–Trinajstić information content (AvgIpc) is 3.48. The van der Waals surface area contributed by atoms with E-state index in [1.165, 1.54) is 48.7 Å². The summed E-state index contributed by atoms with van der Waals surface area (Å²) in [5.74, 6) is 0.901. The van der Waals surface area contributed by atoms with Crippen LogP contribution in [0.1, 0.15) is 45.4 Å². The number of halogens is 2. The molecule has 30 heavy (non-hydrogen) atoms. The number of rotatable bonds is 10. The Bertz CT molecular complexity index is 1120. The van der Waals surface area contributed by atoms with Crippen LogP contribution in [0.2, 0.25) is 0 Å². The molecule has 4 rings (SSSR count). The van der Waals surface area contributed by atoms with Gasteiger partial charge in [0, 0.05) is 15.3 Å². The molecule has 0 aliphatic rings. The first-order valence-corrected chi connectivity index (χ1v) is 14.1. The second-order valence-corrected chi connectivity index (χ2v) is 12.5. The fraction of sp³-hybridized carbons (Fsp3) is 0.364. The zero-order chi connectivity index (χ0) is 20.9. The van der Waals surface area contributed by atoms with Gasteiger partial charge in [0.25, 0.3) is 0 Å². The first-order valence-electron chi connectivity index (χ1n) is 10.1. The van der Waals surface area contributed by atoms with Crippen LogP contribution in [0.4, 0.5) is 0 Å². The van der Waals surface area contributed by atoms with Gasteiger partial charge in [-0.15, -0.1) is 22.7 Å². The summed E-state index contributed by atoms with van der Waals surface area (Å²) in [6.45, 7) is 2.98. The predicted molar refractivity (Wildman–Crippen MR) is 138 cm³/mol. The fourth-order valence-corrected chi connectivity index (χ4v) is 6.84. The zero-order valence-corrected chi connectivity index (χ0v) is 22.2. The van der Waals surface area contributed by atoms with E-state index in [1.54, 1.807) is 22.7 Å². The van der Waals surface area contributed by atoms with Gasteiger partial charge in [-0.2, -0.15) is 8.75 Å². The maximum Gasteiger partial charge on any atom is 0.130 e. The van der Waals surface area contributed by atoms with E-state index in [0.717, 1.165) is 53.4 Å². The third-order valence-electron chi connectivity index (χ3n) is 4.92. The molecular formula is C22H22Br2N2OS3. The van der Waals surface area contributed by atoms with E-state index in [9.17, 15) is 0 Å². The van der Waals surface area contributed by atoms with E-state index in [-0.39, 0.29) is 0 Å². The number of benzene rings is 1. The SMILES string of the molecule is CCCCCCCCOc1cc(-c2ccc(Br)s2)c2nsnc2c1-c1ccc(Br)s1. The van der Waals surface area contributed by atoms with E-state index in [4.69, 9.17) is 4.74 Å². The maximum atomic E-state index is 6.37. The van der Waals surface area contributed by atoms with Crippen LogP contribution in [0.15, 0.2) is 37.9 Å². The first kappa shape index (κ1) is 22.4. The van der Waals surface area contributed by atoms with Gasteiger partial charge in [0.05, 0.1) is 31.5 Å². The summed E-state index contributed by atoms with van der Waals surface area (Å²) in [7, 11) is 0. The van der Waals surface area contributed by atoms with Crippen LogP contribution in [0.3, 0.4) is 0 Å². The number of nitrogens with zero attached hydrogens (tertiary/aromatic N) is 2. The normalized spacial score (nSPS) is 11.4. The molecular weight excluding hydrogens is 564 g/mol. The Labute approximate surface area is 206 Å². The molecule has 0 bridgehead atoms. The van der Waals surface area contributed by atoms with Gasteiger partial charge in [0.2, 0.25) is 0 Å². The number of aromatic nitrogens is 2. The summed E-state index contributed by atoms with van der Waals surface area (Å²) in [4.78, 5) is 2.32. The summed E-state index contributed by atoms with van der Waals surface area (Å²) in [6.07, 6.45) is 7.49. The molecule has 0 saturated carbocycles. The van der Waals surface area contributed by atoms with Gasteiger partial charge < -0.3 is 4.74 Å². The molecule has 0 atom stereocenters. The highest BCUT2D eigenvalue weighted by molar-refractivity contribution is 9.11. The predicted octanol–water partition coefficient (Wildman–Crippen LogP) is 9.41. The highest BCUT2D eigenvalue weighted by atomic mass is 79.9. The highest BCUT2D eigenvalue weighted by Gasteiger charge is 2.21. The molecule has 0 spiro atoms. The van der Waals surface area contributed by atoms with E-state index in [1.807, 2.05) is 0 Å². The summed E-state index contributed by atoms with van der Waals surface area (Å²) < 4.78 is 17.9. The minimum Gasteiger partial charge on any atom is -0.493 e. The minimum atomic E-state index is 0.725. The number of thiophene rings is 2. The van der Waals surface area contributed by atoms with E-state index in [0.29, 0.717) is 0 Å². The highest BCUT2D eigenvalue weighted by Crippen LogP contribution is 2.46. The Kier molecular flexibility index (Phi) is 7.97. The van der Waals surface area contributed by atoms with Gasteiger partial charge in [-0.25, -0.2) is 0 Å². The number of hydrogen-bond acceptors (Lipinski definition) is 6. The largest absolute Gasteiger partial charge is 0.493 e. The molecule has 0 fully saturated rings. The second kappa shape index (κ2) is 10.7. The summed E-state index contributed by atoms with van der Waals surface area (Å²) >= 11 is 11.9. The molecule has 0 N–H and O–H groups in total. The standard InChI is InChI=1S/C22H22Br2N2OS3/c1-2-3-4-5-6-7-12-27-15-13-14(16-8-10-18(23)28-16)21-22(26-30-25-21)20(15)17-9-11-19(24)29-17/h8-11,13H,2-7,12H2,1H3. The van der Waals surface area contributed by atoms with Crippen molar-refractivity contribution in [3.63, 3.8) is 0 Å². The van der Waals surface area contributed by atoms with E-state index >= 15 is 0 Å². The molecule has 3 aromatic heterocycles. The molecule has 4 aromatic rings. The van der Waals surface area contributed by atoms with Crippen LogP contribution in [-0.2, 0) is 0 Å². The van der Waals surface area contributed by atoms with Crippen LogP contribution >= 0.6 is 66.3 Å². The van der Waals surface area contributed by atoms with Crippen LogP contribution in [0.25, 0.3) is 31.9 Å². The first-order chi connectivity index (χ1) is 14.7. The molecule has 0 amide bonds. The van der Waals surface area contributed by atoms with Crippen molar-refractivity contribution in [2.24, 2.45) is 0 Å². The molecule has 3 heterocycles. The molecule has 8 heteroatoms. The Morgan fingerprint density at radius 1 is 0.833 bits per heavy atom. The fourth-order valence-electron chi connectivity index (χ4n) is 3.43. The molecule has 0 saturated heterocycles. The van der Waals surface area contributed by atoms with Gasteiger partial charge in [0.1, 0.15) is 16.8 Å². The van der Waals surface area contributed by atoms with Crippen LogP contribution < -0.4 is 4.74 Å². The quantitative estimate of drug-likeness (QED) is 0.174. The van der Waals surface area contributed by atoms with Crippen molar-refractivity contribution in [1.29, 1.82) is 0 Å².